The zero-order valence-corrected chi connectivity index (χ0v) is 10.9. The van der Waals surface area contributed by atoms with Crippen LogP contribution in [0.3, 0.4) is 0 Å². The van der Waals surface area contributed by atoms with E-state index >= 15 is 0 Å². The van der Waals surface area contributed by atoms with E-state index in [2.05, 4.69) is 21.5 Å². The second-order valence-corrected chi connectivity index (χ2v) is 4.77. The van der Waals surface area contributed by atoms with Crippen LogP contribution in [0, 0.1) is 19.3 Å². The van der Waals surface area contributed by atoms with Crippen molar-refractivity contribution in [3.8, 4) is 12.3 Å². The van der Waals surface area contributed by atoms with Gasteiger partial charge in [0.2, 0.25) is 5.91 Å². The molecule has 4 nitrogen and oxygen atoms in total. The molecular weight excluding hydrogens is 234 g/mol. The Morgan fingerprint density at radius 2 is 2.47 bits per heavy atom. The number of nitrogens with one attached hydrogen (secondary N) is 2. The molecule has 0 saturated carbocycles. The smallest absolute Gasteiger partial charge is 0.237 e. The molecule has 0 spiro atoms. The van der Waals surface area contributed by atoms with Crippen molar-refractivity contribution in [1.82, 2.24) is 15.6 Å². The Balaban J connectivity index is 2.22. The van der Waals surface area contributed by atoms with E-state index in [1.165, 1.54) is 0 Å². The molecule has 0 bridgehead atoms. The first-order valence-corrected chi connectivity index (χ1v) is 6.37. The number of rotatable bonds is 6. The van der Waals surface area contributed by atoms with Gasteiger partial charge in [0, 0.05) is 18.3 Å². The van der Waals surface area contributed by atoms with E-state index in [4.69, 9.17) is 6.42 Å². The van der Waals surface area contributed by atoms with E-state index in [1.54, 1.807) is 11.3 Å². The molecule has 1 atom stereocenters. The number of terminal acetylenes is 1. The lowest BCUT2D eigenvalue weighted by molar-refractivity contribution is -0.122. The summed E-state index contributed by atoms with van der Waals surface area (Å²) in [7, 11) is 0. The Kier molecular flexibility index (Phi) is 5.67. The maximum atomic E-state index is 11.5. The highest BCUT2D eigenvalue weighted by molar-refractivity contribution is 7.09. The van der Waals surface area contributed by atoms with Gasteiger partial charge in [-0.1, -0.05) is 5.92 Å². The number of thiazole rings is 1. The minimum absolute atomic E-state index is 0.0718. The molecule has 0 aliphatic rings. The van der Waals surface area contributed by atoms with Gasteiger partial charge in [-0.25, -0.2) is 4.98 Å². The Labute approximate surface area is 106 Å². The molecular formula is C12H17N3OS. The van der Waals surface area contributed by atoms with E-state index < -0.39 is 0 Å². The molecule has 1 amide bonds. The van der Waals surface area contributed by atoms with Gasteiger partial charge in [0.15, 0.2) is 0 Å². The fourth-order valence-corrected chi connectivity index (χ4v) is 1.97. The lowest BCUT2D eigenvalue weighted by Gasteiger charge is -2.12. The van der Waals surface area contributed by atoms with Crippen LogP contribution in [0.2, 0.25) is 0 Å². The van der Waals surface area contributed by atoms with Crippen LogP contribution in [0.15, 0.2) is 5.38 Å². The summed E-state index contributed by atoms with van der Waals surface area (Å²) in [6, 6.07) is -0.233. The third-order valence-electron chi connectivity index (χ3n) is 2.26. The average molecular weight is 251 g/mol. The molecule has 5 heteroatoms. The number of aromatic nitrogens is 1. The molecule has 17 heavy (non-hydrogen) atoms. The first-order valence-electron chi connectivity index (χ1n) is 5.49. The zero-order chi connectivity index (χ0) is 12.7. The van der Waals surface area contributed by atoms with Crippen LogP contribution in [0.4, 0.5) is 0 Å². The molecule has 0 aromatic carbocycles. The summed E-state index contributed by atoms with van der Waals surface area (Å²) in [6.07, 6.45) is 5.89. The minimum Gasteiger partial charge on any atom is -0.344 e. The standard InChI is InChI=1S/C12H17N3OS/c1-4-6-14-12(16)9(2)13-7-5-11-8-17-10(3)15-11/h1,8-9,13H,5-7H2,2-3H3,(H,14,16). The predicted octanol–water partition coefficient (Wildman–Crippen LogP) is 0.722. The summed E-state index contributed by atoms with van der Waals surface area (Å²) in [4.78, 5) is 15.8. The zero-order valence-electron chi connectivity index (χ0n) is 10.1. The van der Waals surface area contributed by atoms with Gasteiger partial charge in [-0.2, -0.15) is 0 Å². The number of hydrogen-bond donors (Lipinski definition) is 2. The van der Waals surface area contributed by atoms with Gasteiger partial charge >= 0.3 is 0 Å². The first kappa shape index (κ1) is 13.7. The number of hydrogen-bond acceptors (Lipinski definition) is 4. The third-order valence-corrected chi connectivity index (χ3v) is 3.08. The van der Waals surface area contributed by atoms with Crippen LogP contribution in [0.5, 0.6) is 0 Å². The maximum absolute atomic E-state index is 11.5. The summed E-state index contributed by atoms with van der Waals surface area (Å²) >= 11 is 1.64. The molecule has 1 aromatic rings. The van der Waals surface area contributed by atoms with Gasteiger partial charge in [-0.15, -0.1) is 17.8 Å². The van der Waals surface area contributed by atoms with Crippen molar-refractivity contribution in [2.75, 3.05) is 13.1 Å². The van der Waals surface area contributed by atoms with Crippen molar-refractivity contribution in [3.63, 3.8) is 0 Å². The highest BCUT2D eigenvalue weighted by Gasteiger charge is 2.10. The molecule has 1 aromatic heterocycles. The summed E-state index contributed by atoms with van der Waals surface area (Å²) in [5.74, 6) is 2.30. The monoisotopic (exact) mass is 251 g/mol. The number of carbonyl (C=O) groups is 1. The van der Waals surface area contributed by atoms with Crippen molar-refractivity contribution in [3.05, 3.63) is 16.1 Å². The fraction of sp³-hybridized carbons (Fsp3) is 0.500. The van der Waals surface area contributed by atoms with Crippen LogP contribution >= 0.6 is 11.3 Å². The second kappa shape index (κ2) is 7.05. The van der Waals surface area contributed by atoms with E-state index in [-0.39, 0.29) is 18.5 Å². The van der Waals surface area contributed by atoms with Crippen molar-refractivity contribution in [2.24, 2.45) is 0 Å². The SMILES string of the molecule is C#CCNC(=O)C(C)NCCc1csc(C)n1. The van der Waals surface area contributed by atoms with Crippen molar-refractivity contribution < 1.29 is 4.79 Å². The quantitative estimate of drug-likeness (QED) is 0.733. The van der Waals surface area contributed by atoms with Gasteiger partial charge in [0.1, 0.15) is 0 Å². The van der Waals surface area contributed by atoms with Gasteiger partial charge in [0.25, 0.3) is 0 Å². The third kappa shape index (κ3) is 4.98. The summed E-state index contributed by atoms with van der Waals surface area (Å²) in [5, 5.41) is 8.88. The summed E-state index contributed by atoms with van der Waals surface area (Å²) in [5.41, 5.74) is 1.07. The molecule has 1 heterocycles. The molecule has 0 aliphatic heterocycles. The van der Waals surface area contributed by atoms with E-state index in [0.29, 0.717) is 0 Å². The van der Waals surface area contributed by atoms with Gasteiger partial charge in [0.05, 0.1) is 23.3 Å². The lowest BCUT2D eigenvalue weighted by atomic mass is 10.2. The Morgan fingerprint density at radius 3 is 3.06 bits per heavy atom. The summed E-state index contributed by atoms with van der Waals surface area (Å²) in [6.45, 7) is 4.81. The molecule has 2 N–H and O–H groups in total. The van der Waals surface area contributed by atoms with E-state index in [0.717, 1.165) is 23.7 Å². The summed E-state index contributed by atoms with van der Waals surface area (Å²) < 4.78 is 0. The Bertz CT molecular complexity index is 408. The first-order chi connectivity index (χ1) is 8.13. The number of nitrogens with zero attached hydrogens (tertiary/aromatic N) is 1. The lowest BCUT2D eigenvalue weighted by Crippen LogP contribution is -2.42. The van der Waals surface area contributed by atoms with Gasteiger partial charge < -0.3 is 10.6 Å². The molecule has 0 radical (unpaired) electrons. The topological polar surface area (TPSA) is 54.0 Å². The Hall–Kier alpha value is -1.38. The normalized spacial score (nSPS) is 11.8. The minimum atomic E-state index is -0.233. The highest BCUT2D eigenvalue weighted by Crippen LogP contribution is 2.07. The maximum Gasteiger partial charge on any atom is 0.237 e. The fourth-order valence-electron chi connectivity index (χ4n) is 1.32. The number of carbonyl (C=O) groups excluding carboxylic acids is 1. The van der Waals surface area contributed by atoms with E-state index in [9.17, 15) is 4.79 Å². The Morgan fingerprint density at radius 1 is 1.71 bits per heavy atom. The predicted molar refractivity (Wildman–Crippen MR) is 69.9 cm³/mol. The van der Waals surface area contributed by atoms with Crippen LogP contribution in [-0.4, -0.2) is 30.0 Å². The number of aryl methyl sites for hydroxylation is 1. The highest BCUT2D eigenvalue weighted by atomic mass is 32.1. The largest absolute Gasteiger partial charge is 0.344 e. The van der Waals surface area contributed by atoms with Gasteiger partial charge in [-0.05, 0) is 13.8 Å². The van der Waals surface area contributed by atoms with Crippen LogP contribution in [0.25, 0.3) is 0 Å². The number of amides is 1. The van der Waals surface area contributed by atoms with Crippen molar-refractivity contribution in [2.45, 2.75) is 26.3 Å². The van der Waals surface area contributed by atoms with Crippen molar-refractivity contribution >= 4 is 17.2 Å². The molecule has 0 saturated heterocycles. The molecule has 1 unspecified atom stereocenters. The van der Waals surface area contributed by atoms with Crippen LogP contribution < -0.4 is 10.6 Å². The molecule has 92 valence electrons. The van der Waals surface area contributed by atoms with Crippen LogP contribution in [-0.2, 0) is 11.2 Å². The van der Waals surface area contributed by atoms with Crippen molar-refractivity contribution in [1.29, 1.82) is 0 Å². The van der Waals surface area contributed by atoms with E-state index in [1.807, 2.05) is 19.2 Å². The second-order valence-electron chi connectivity index (χ2n) is 3.71. The molecule has 0 aliphatic carbocycles. The van der Waals surface area contributed by atoms with Crippen LogP contribution in [0.1, 0.15) is 17.6 Å². The molecule has 1 rings (SSSR count). The average Bonchev–Trinajstić information content (AvgIpc) is 2.71. The van der Waals surface area contributed by atoms with Gasteiger partial charge in [-0.3, -0.25) is 4.79 Å². The molecule has 0 fully saturated rings.